The quantitative estimate of drug-likeness (QED) is 0.137. The van der Waals surface area contributed by atoms with Gasteiger partial charge in [0.1, 0.15) is 22.8 Å². The Bertz CT molecular complexity index is 5220. The maximum Gasteiger partial charge on any atom is 0.159 e. The molecular weight excluding hydrogens is 1090 g/mol. The van der Waals surface area contributed by atoms with Crippen molar-refractivity contribution in [1.82, 2.24) is 0 Å². The van der Waals surface area contributed by atoms with E-state index >= 15 is 8.78 Å². The molecule has 0 atom stereocenters. The third-order valence-corrected chi connectivity index (χ3v) is 18.2. The highest BCUT2D eigenvalue weighted by atomic mass is 32.1. The van der Waals surface area contributed by atoms with Crippen LogP contribution in [0.25, 0.3) is 130 Å². The molecule has 410 valence electrons. The van der Waals surface area contributed by atoms with Crippen molar-refractivity contribution in [2.75, 3.05) is 9.80 Å². The fourth-order valence-electron chi connectivity index (χ4n) is 13.3. The zero-order chi connectivity index (χ0) is 57.7. The van der Waals surface area contributed by atoms with Gasteiger partial charge in [-0.2, -0.15) is 0 Å². The largest absolute Gasteiger partial charge is 0.454 e. The van der Waals surface area contributed by atoms with Crippen molar-refractivity contribution < 1.29 is 17.6 Å². The first-order chi connectivity index (χ1) is 43.0. The molecule has 3 aromatic heterocycles. The second-order valence-electron chi connectivity index (χ2n) is 22.1. The molecule has 0 aliphatic carbocycles. The third-order valence-electron chi connectivity index (χ3n) is 17.1. The number of halogens is 2. The van der Waals surface area contributed by atoms with Gasteiger partial charge in [0.05, 0.1) is 34.1 Å². The number of hydrogen-bond acceptors (Lipinski definition) is 5. The minimum Gasteiger partial charge on any atom is -0.454 e. The van der Waals surface area contributed by atoms with Gasteiger partial charge in [-0.05, 0) is 105 Å². The first-order valence-corrected chi connectivity index (χ1v) is 29.9. The molecule has 87 heavy (non-hydrogen) atoms. The van der Waals surface area contributed by atoms with Crippen molar-refractivity contribution in [3.8, 4) is 44.5 Å². The molecule has 0 bridgehead atoms. The van der Waals surface area contributed by atoms with Gasteiger partial charge in [-0.3, -0.25) is 0 Å². The highest BCUT2D eigenvalue weighted by Gasteiger charge is 2.32. The molecular formula is C80H48F2N2O2S. The zero-order valence-electron chi connectivity index (χ0n) is 46.6. The van der Waals surface area contributed by atoms with E-state index in [-0.39, 0.29) is 0 Å². The molecule has 0 aliphatic heterocycles. The van der Waals surface area contributed by atoms with Gasteiger partial charge in [0, 0.05) is 63.6 Å². The standard InChI is InChI=1S/C80H48F2N2O2S/c81-65-45-53(49-23-5-1-6-24-49)43-63(51-27-9-3-10-28-51)77(65)83(67-39-21-37-61-57-33-17-19-41-71(57)85-79(61)67)69-47-73-75(59-35-15-13-31-55(59)69)76-60-36-16-14-32-56(60)70(48-74(76)87-73)84(68-40-22-38-62-58-34-18-20-42-72(58)86-80(62)68)78-64(52-29-11-4-12-30-52)44-54(46-66(78)82)50-25-7-2-8-26-50/h1-48H. The molecule has 0 fully saturated rings. The second-order valence-corrected chi connectivity index (χ2v) is 23.2. The van der Waals surface area contributed by atoms with E-state index in [0.29, 0.717) is 33.9 Å². The maximum absolute atomic E-state index is 18.5. The van der Waals surface area contributed by atoms with E-state index in [9.17, 15) is 0 Å². The highest BCUT2D eigenvalue weighted by molar-refractivity contribution is 7.26. The first-order valence-electron chi connectivity index (χ1n) is 29.1. The van der Waals surface area contributed by atoms with E-state index < -0.39 is 11.6 Å². The van der Waals surface area contributed by atoms with E-state index in [0.717, 1.165) is 130 Å². The molecule has 14 aromatic carbocycles. The number of furan rings is 2. The van der Waals surface area contributed by atoms with Crippen molar-refractivity contribution in [1.29, 1.82) is 0 Å². The minimum absolute atomic E-state index is 0.386. The molecule has 0 spiro atoms. The molecule has 0 radical (unpaired) electrons. The van der Waals surface area contributed by atoms with Gasteiger partial charge in [-0.1, -0.05) is 231 Å². The number of fused-ring (bicyclic) bond motifs is 13. The van der Waals surface area contributed by atoms with Gasteiger partial charge in [-0.25, -0.2) is 8.78 Å². The predicted octanol–water partition coefficient (Wildman–Crippen LogP) is 24.0. The molecule has 17 rings (SSSR count). The van der Waals surface area contributed by atoms with E-state index in [1.54, 1.807) is 23.5 Å². The van der Waals surface area contributed by atoms with Crippen molar-refractivity contribution in [3.05, 3.63) is 303 Å². The zero-order valence-corrected chi connectivity index (χ0v) is 47.4. The molecule has 0 aliphatic rings. The molecule has 0 saturated heterocycles. The Kier molecular flexibility index (Phi) is 11.8. The topological polar surface area (TPSA) is 32.8 Å². The Balaban J connectivity index is 0.974. The number of rotatable bonds is 10. The van der Waals surface area contributed by atoms with Gasteiger partial charge in [0.15, 0.2) is 11.2 Å². The van der Waals surface area contributed by atoms with Gasteiger partial charge in [0.2, 0.25) is 0 Å². The summed E-state index contributed by atoms with van der Waals surface area (Å²) in [4.78, 5) is 4.19. The second kappa shape index (κ2) is 20.3. The van der Waals surface area contributed by atoms with Crippen LogP contribution in [0.5, 0.6) is 0 Å². The molecule has 7 heteroatoms. The molecule has 0 unspecified atom stereocenters. The number of thiophene rings is 1. The minimum atomic E-state index is -0.391. The van der Waals surface area contributed by atoms with Gasteiger partial charge in [0.25, 0.3) is 0 Å². The molecule has 0 saturated carbocycles. The first kappa shape index (κ1) is 50.4. The normalized spacial score (nSPS) is 11.8. The lowest BCUT2D eigenvalue weighted by molar-refractivity contribution is 0.629. The Morgan fingerprint density at radius 2 is 0.598 bits per heavy atom. The lowest BCUT2D eigenvalue weighted by Gasteiger charge is -2.30. The summed E-state index contributed by atoms with van der Waals surface area (Å²) in [6.45, 7) is 0. The predicted molar refractivity (Wildman–Crippen MR) is 360 cm³/mol. The summed E-state index contributed by atoms with van der Waals surface area (Å²) in [6.07, 6.45) is 0. The number of benzene rings is 14. The van der Waals surface area contributed by atoms with Gasteiger partial charge >= 0.3 is 0 Å². The highest BCUT2D eigenvalue weighted by Crippen LogP contribution is 2.56. The van der Waals surface area contributed by atoms with Gasteiger partial charge in [-0.15, -0.1) is 11.3 Å². The van der Waals surface area contributed by atoms with Crippen molar-refractivity contribution in [2.24, 2.45) is 0 Å². The summed E-state index contributed by atoms with van der Waals surface area (Å²) in [5.41, 5.74) is 13.0. The van der Waals surface area contributed by atoms with E-state index in [1.165, 1.54) is 0 Å². The smallest absolute Gasteiger partial charge is 0.159 e. The molecule has 0 N–H and O–H groups in total. The Morgan fingerprint density at radius 1 is 0.264 bits per heavy atom. The van der Waals surface area contributed by atoms with E-state index in [1.807, 2.05) is 182 Å². The fourth-order valence-corrected chi connectivity index (χ4v) is 14.5. The van der Waals surface area contributed by atoms with Crippen LogP contribution in [0.4, 0.5) is 42.9 Å². The van der Waals surface area contributed by atoms with Crippen LogP contribution in [-0.4, -0.2) is 0 Å². The van der Waals surface area contributed by atoms with Crippen LogP contribution < -0.4 is 9.80 Å². The fraction of sp³-hybridized carbons (Fsp3) is 0. The van der Waals surface area contributed by atoms with Crippen molar-refractivity contribution >= 4 is 131 Å². The SMILES string of the molecule is Fc1cc(-c2ccccc2)cc(-c2ccccc2)c1N(c1cc2sc3cc(N(c4c(F)cc(-c5ccccc5)cc4-c4ccccc4)c4cccc5c4oc4ccccc45)c4ccccc4c3c2c2ccccc12)c1cccc2c1oc1ccccc12. The number of nitrogens with zero attached hydrogens (tertiary/aromatic N) is 2. The number of para-hydroxylation sites is 4. The van der Waals surface area contributed by atoms with Crippen LogP contribution in [-0.2, 0) is 0 Å². The molecule has 4 nitrogen and oxygen atoms in total. The summed E-state index contributed by atoms with van der Waals surface area (Å²) in [7, 11) is 0. The molecule has 0 amide bonds. The average molecular weight is 1140 g/mol. The monoisotopic (exact) mass is 1140 g/mol. The lowest BCUT2D eigenvalue weighted by atomic mass is 9.93. The molecule has 3 heterocycles. The van der Waals surface area contributed by atoms with Crippen molar-refractivity contribution in [3.63, 3.8) is 0 Å². The average Bonchev–Trinajstić information content (AvgIpc) is 1.86. The summed E-state index contributed by atoms with van der Waals surface area (Å²) < 4.78 is 52.8. The third kappa shape index (κ3) is 8.15. The number of anilines is 6. The van der Waals surface area contributed by atoms with Crippen LogP contribution in [0.1, 0.15) is 0 Å². The van der Waals surface area contributed by atoms with E-state index in [4.69, 9.17) is 8.83 Å². The summed E-state index contributed by atoms with van der Waals surface area (Å²) in [5.74, 6) is -0.782. The van der Waals surface area contributed by atoms with Crippen LogP contribution in [0.2, 0.25) is 0 Å². The maximum atomic E-state index is 18.5. The molecule has 17 aromatic rings. The van der Waals surface area contributed by atoms with Crippen LogP contribution in [0, 0.1) is 11.6 Å². The van der Waals surface area contributed by atoms with Crippen LogP contribution in [0.3, 0.4) is 0 Å². The van der Waals surface area contributed by atoms with Crippen LogP contribution in [0.15, 0.2) is 300 Å². The Morgan fingerprint density at radius 3 is 1.00 bits per heavy atom. The van der Waals surface area contributed by atoms with Crippen molar-refractivity contribution in [2.45, 2.75) is 0 Å². The van der Waals surface area contributed by atoms with Gasteiger partial charge < -0.3 is 18.6 Å². The summed E-state index contributed by atoms with van der Waals surface area (Å²) >= 11 is 1.67. The summed E-state index contributed by atoms with van der Waals surface area (Å²) in [6, 6.07) is 97.6. The van der Waals surface area contributed by atoms with E-state index in [2.05, 4.69) is 107 Å². The summed E-state index contributed by atoms with van der Waals surface area (Å²) in [5, 5.41) is 9.75. The Labute approximate surface area is 502 Å². The Hall–Kier alpha value is -11.1. The number of hydrogen-bond donors (Lipinski definition) is 0. The lowest BCUT2D eigenvalue weighted by Crippen LogP contribution is -2.14. The van der Waals surface area contributed by atoms with Crippen LogP contribution >= 0.6 is 11.3 Å².